The van der Waals surface area contributed by atoms with Crippen molar-refractivity contribution >= 4 is 5.91 Å². The normalized spacial score (nSPS) is 15.3. The predicted molar refractivity (Wildman–Crippen MR) is 69.1 cm³/mol. The van der Waals surface area contributed by atoms with E-state index in [4.69, 9.17) is 0 Å². The largest absolute Gasteiger partial charge is 0.333 e. The van der Waals surface area contributed by atoms with Gasteiger partial charge in [0.15, 0.2) is 0 Å². The van der Waals surface area contributed by atoms with Gasteiger partial charge in [-0.15, -0.1) is 0 Å². The molecule has 1 saturated heterocycles. The van der Waals surface area contributed by atoms with E-state index in [-0.39, 0.29) is 17.8 Å². The topological polar surface area (TPSA) is 32.3 Å². The van der Waals surface area contributed by atoms with E-state index < -0.39 is 0 Å². The molecule has 1 aliphatic heterocycles. The highest BCUT2D eigenvalue weighted by Crippen LogP contribution is 2.16. The highest BCUT2D eigenvalue weighted by molar-refractivity contribution is 5.96. The lowest BCUT2D eigenvalue weighted by Crippen LogP contribution is -2.59. The standard InChI is InChI=1S/C14H19FN2O/c1-3-6-17(12-8-16-9-12)14(18)13-7-11(15)5-4-10(13)2/h4-5,7,12,16H,3,6,8-9H2,1-2H3. The molecule has 0 atom stereocenters. The van der Waals surface area contributed by atoms with E-state index in [1.807, 2.05) is 18.7 Å². The van der Waals surface area contributed by atoms with Crippen LogP contribution in [0.2, 0.25) is 0 Å². The van der Waals surface area contributed by atoms with Gasteiger partial charge in [-0.1, -0.05) is 13.0 Å². The molecule has 1 N–H and O–H groups in total. The minimum atomic E-state index is -0.355. The van der Waals surface area contributed by atoms with Crippen molar-refractivity contribution in [1.29, 1.82) is 0 Å². The summed E-state index contributed by atoms with van der Waals surface area (Å²) in [7, 11) is 0. The number of nitrogens with one attached hydrogen (secondary N) is 1. The zero-order valence-corrected chi connectivity index (χ0v) is 10.9. The third-order valence-electron chi connectivity index (χ3n) is 3.36. The molecule has 2 rings (SSSR count). The van der Waals surface area contributed by atoms with Gasteiger partial charge in [0.25, 0.3) is 5.91 Å². The van der Waals surface area contributed by atoms with Crippen LogP contribution < -0.4 is 5.32 Å². The number of nitrogens with zero attached hydrogens (tertiary/aromatic N) is 1. The maximum absolute atomic E-state index is 13.3. The molecule has 0 aromatic heterocycles. The van der Waals surface area contributed by atoms with Crippen molar-refractivity contribution in [3.05, 3.63) is 35.1 Å². The van der Waals surface area contributed by atoms with Gasteiger partial charge in [0.2, 0.25) is 0 Å². The lowest BCUT2D eigenvalue weighted by atomic mass is 10.0. The van der Waals surface area contributed by atoms with Crippen molar-refractivity contribution in [2.75, 3.05) is 19.6 Å². The fraction of sp³-hybridized carbons (Fsp3) is 0.500. The van der Waals surface area contributed by atoms with Gasteiger partial charge in [-0.25, -0.2) is 4.39 Å². The van der Waals surface area contributed by atoms with Gasteiger partial charge in [0.05, 0.1) is 6.04 Å². The van der Waals surface area contributed by atoms with Crippen molar-refractivity contribution in [1.82, 2.24) is 10.2 Å². The average molecular weight is 250 g/mol. The molecule has 0 aliphatic carbocycles. The van der Waals surface area contributed by atoms with Crippen LogP contribution in [0.3, 0.4) is 0 Å². The summed E-state index contributed by atoms with van der Waals surface area (Å²) in [5, 5.41) is 3.16. The number of hydrogen-bond acceptors (Lipinski definition) is 2. The first-order chi connectivity index (χ1) is 8.63. The third kappa shape index (κ3) is 2.53. The van der Waals surface area contributed by atoms with Crippen molar-refractivity contribution in [3.63, 3.8) is 0 Å². The van der Waals surface area contributed by atoms with E-state index in [0.29, 0.717) is 5.56 Å². The zero-order chi connectivity index (χ0) is 13.1. The van der Waals surface area contributed by atoms with Gasteiger partial charge in [-0.05, 0) is 31.0 Å². The quantitative estimate of drug-likeness (QED) is 0.886. The van der Waals surface area contributed by atoms with Crippen LogP contribution in [0.5, 0.6) is 0 Å². The molecule has 1 aromatic carbocycles. The van der Waals surface area contributed by atoms with Crippen molar-refractivity contribution in [2.45, 2.75) is 26.3 Å². The van der Waals surface area contributed by atoms with Crippen LogP contribution in [-0.2, 0) is 0 Å². The highest BCUT2D eigenvalue weighted by Gasteiger charge is 2.29. The Labute approximate surface area is 107 Å². The first-order valence-electron chi connectivity index (χ1n) is 6.41. The Bertz CT molecular complexity index is 443. The summed E-state index contributed by atoms with van der Waals surface area (Å²) in [6.07, 6.45) is 0.913. The van der Waals surface area contributed by atoms with E-state index in [0.717, 1.165) is 31.6 Å². The molecule has 1 heterocycles. The van der Waals surface area contributed by atoms with Crippen molar-refractivity contribution in [2.24, 2.45) is 0 Å². The molecular weight excluding hydrogens is 231 g/mol. The van der Waals surface area contributed by atoms with Crippen LogP contribution in [0.4, 0.5) is 4.39 Å². The minimum Gasteiger partial charge on any atom is -0.333 e. The van der Waals surface area contributed by atoms with E-state index in [1.165, 1.54) is 12.1 Å². The molecule has 98 valence electrons. The molecule has 0 spiro atoms. The summed E-state index contributed by atoms with van der Waals surface area (Å²) in [6.45, 7) is 6.28. The second-order valence-corrected chi connectivity index (χ2v) is 4.77. The van der Waals surface area contributed by atoms with Crippen LogP contribution in [-0.4, -0.2) is 36.5 Å². The number of benzene rings is 1. The Balaban J connectivity index is 2.23. The number of carbonyl (C=O) groups is 1. The maximum atomic E-state index is 13.3. The summed E-state index contributed by atoms with van der Waals surface area (Å²) in [5.41, 5.74) is 1.31. The number of hydrogen-bond donors (Lipinski definition) is 1. The number of rotatable bonds is 4. The molecule has 18 heavy (non-hydrogen) atoms. The van der Waals surface area contributed by atoms with Gasteiger partial charge >= 0.3 is 0 Å². The molecular formula is C14H19FN2O. The Morgan fingerprint density at radius 3 is 2.78 bits per heavy atom. The molecule has 0 bridgehead atoms. The Hall–Kier alpha value is -1.42. The van der Waals surface area contributed by atoms with E-state index in [1.54, 1.807) is 6.07 Å². The molecule has 1 aromatic rings. The minimum absolute atomic E-state index is 0.0552. The van der Waals surface area contributed by atoms with Crippen LogP contribution >= 0.6 is 0 Å². The van der Waals surface area contributed by atoms with Crippen molar-refractivity contribution in [3.8, 4) is 0 Å². The molecule has 1 fully saturated rings. The molecule has 1 aliphatic rings. The van der Waals surface area contributed by atoms with Gasteiger partial charge in [0.1, 0.15) is 5.82 Å². The summed E-state index contributed by atoms with van der Waals surface area (Å²) in [4.78, 5) is 14.3. The monoisotopic (exact) mass is 250 g/mol. The van der Waals surface area contributed by atoms with E-state index in [2.05, 4.69) is 5.32 Å². The van der Waals surface area contributed by atoms with Gasteiger partial charge in [0, 0.05) is 25.2 Å². The van der Waals surface area contributed by atoms with Crippen LogP contribution in [0, 0.1) is 12.7 Å². The second kappa shape index (κ2) is 5.48. The SMILES string of the molecule is CCCN(C(=O)c1cc(F)ccc1C)C1CNC1. The van der Waals surface area contributed by atoms with Gasteiger partial charge in [-0.2, -0.15) is 0 Å². The van der Waals surface area contributed by atoms with Gasteiger partial charge < -0.3 is 10.2 Å². The van der Waals surface area contributed by atoms with Gasteiger partial charge in [-0.3, -0.25) is 4.79 Å². The highest BCUT2D eigenvalue weighted by atomic mass is 19.1. The fourth-order valence-corrected chi connectivity index (χ4v) is 2.16. The summed E-state index contributed by atoms with van der Waals surface area (Å²) < 4.78 is 13.3. The number of carbonyl (C=O) groups excluding carboxylic acids is 1. The lowest BCUT2D eigenvalue weighted by molar-refractivity contribution is 0.0614. The first kappa shape index (κ1) is 13.0. The first-order valence-corrected chi connectivity index (χ1v) is 6.41. The summed E-state index contributed by atoms with van der Waals surface area (Å²) in [5.74, 6) is -0.410. The molecule has 0 radical (unpaired) electrons. The molecule has 1 amide bonds. The zero-order valence-electron chi connectivity index (χ0n) is 10.9. The number of amides is 1. The Morgan fingerprint density at radius 1 is 1.50 bits per heavy atom. The van der Waals surface area contributed by atoms with Crippen LogP contribution in [0.15, 0.2) is 18.2 Å². The van der Waals surface area contributed by atoms with Crippen molar-refractivity contribution < 1.29 is 9.18 Å². The van der Waals surface area contributed by atoms with E-state index >= 15 is 0 Å². The second-order valence-electron chi connectivity index (χ2n) is 4.77. The van der Waals surface area contributed by atoms with Crippen LogP contribution in [0.1, 0.15) is 29.3 Å². The fourth-order valence-electron chi connectivity index (χ4n) is 2.16. The molecule has 0 unspecified atom stereocenters. The summed E-state index contributed by atoms with van der Waals surface area (Å²) >= 11 is 0. The smallest absolute Gasteiger partial charge is 0.254 e. The molecule has 0 saturated carbocycles. The average Bonchev–Trinajstić information content (AvgIpc) is 2.28. The Kier molecular flexibility index (Phi) is 3.97. The molecule has 3 nitrogen and oxygen atoms in total. The lowest BCUT2D eigenvalue weighted by Gasteiger charge is -2.38. The maximum Gasteiger partial charge on any atom is 0.254 e. The van der Waals surface area contributed by atoms with Crippen LogP contribution in [0.25, 0.3) is 0 Å². The van der Waals surface area contributed by atoms with E-state index in [9.17, 15) is 9.18 Å². The molecule has 4 heteroatoms. The number of aryl methyl sites for hydroxylation is 1. The Morgan fingerprint density at radius 2 is 2.22 bits per heavy atom. The third-order valence-corrected chi connectivity index (χ3v) is 3.36. The predicted octanol–water partition coefficient (Wildman–Crippen LogP) is 1.96. The number of halogens is 1. The summed E-state index contributed by atoms with van der Waals surface area (Å²) in [6, 6.07) is 4.64.